The average molecular weight is 550 g/mol. The molecule has 40 heavy (non-hydrogen) atoms. The number of hydrogen-bond donors (Lipinski definition) is 0. The molecule has 5 heteroatoms. The van der Waals surface area contributed by atoms with Gasteiger partial charge < -0.3 is 4.74 Å². The van der Waals surface area contributed by atoms with E-state index >= 15 is 0 Å². The molecule has 0 saturated heterocycles. The van der Waals surface area contributed by atoms with Gasteiger partial charge in [0.05, 0.1) is 12.7 Å². The number of methoxy groups -OCH3 is 1. The molecule has 0 spiro atoms. The van der Waals surface area contributed by atoms with Crippen LogP contribution in [0.3, 0.4) is 0 Å². The molecule has 4 aliphatic rings. The molecule has 0 aromatic heterocycles. The maximum absolute atomic E-state index is 14.2. The number of esters is 1. The highest BCUT2D eigenvalue weighted by atomic mass is 16.5. The fourth-order valence-corrected chi connectivity index (χ4v) is 9.40. The second-order valence-electron chi connectivity index (χ2n) is 15.9. The molecule has 4 aliphatic carbocycles. The number of ketones is 2. The summed E-state index contributed by atoms with van der Waals surface area (Å²) in [5.41, 5.74) is -0.252. The van der Waals surface area contributed by atoms with Crippen LogP contribution in [0.2, 0.25) is 0 Å². The van der Waals surface area contributed by atoms with Gasteiger partial charge in [-0.2, -0.15) is 5.26 Å². The minimum Gasteiger partial charge on any atom is -0.469 e. The van der Waals surface area contributed by atoms with Crippen molar-refractivity contribution in [1.29, 1.82) is 5.26 Å². The van der Waals surface area contributed by atoms with E-state index in [0.29, 0.717) is 6.42 Å². The molecule has 4 rings (SSSR count). The first-order valence-electron chi connectivity index (χ1n) is 15.4. The Hall–Kier alpha value is -2.22. The Bertz CT molecular complexity index is 1200. The topological polar surface area (TPSA) is 84.2 Å². The molecule has 0 heterocycles. The zero-order valence-electron chi connectivity index (χ0n) is 26.5. The normalized spacial score (nSPS) is 40.8. The lowest BCUT2D eigenvalue weighted by molar-refractivity contribution is -0.141. The number of ether oxygens (including phenoxy) is 1. The molecule has 0 radical (unpaired) electrons. The van der Waals surface area contributed by atoms with Gasteiger partial charge in [-0.1, -0.05) is 67.0 Å². The third kappa shape index (κ3) is 4.72. The molecule has 0 amide bonds. The van der Waals surface area contributed by atoms with Gasteiger partial charge in [0.15, 0.2) is 11.6 Å². The van der Waals surface area contributed by atoms with Crippen molar-refractivity contribution in [3.05, 3.63) is 23.3 Å². The first-order chi connectivity index (χ1) is 18.4. The minimum atomic E-state index is -0.662. The SMILES string of the molecule is COC(=O)CC[C@@]1(C)CCC(C)(C)CCC2C(=O)C=C3[C@@]4(C)C=C(C#N)C(=O)C(C)(C)[C@@H]4CC[C@@]3(C)[C@]2(C)CC1. The predicted molar refractivity (Wildman–Crippen MR) is 157 cm³/mol. The molecule has 2 saturated carbocycles. The van der Waals surface area contributed by atoms with Crippen LogP contribution in [0.15, 0.2) is 23.3 Å². The zero-order chi connectivity index (χ0) is 29.9. The average Bonchev–Trinajstić information content (AvgIpc) is 2.88. The van der Waals surface area contributed by atoms with Gasteiger partial charge in [-0.25, -0.2) is 0 Å². The fourth-order valence-electron chi connectivity index (χ4n) is 9.40. The molecule has 5 nitrogen and oxygen atoms in total. The molecule has 0 aromatic rings. The quantitative estimate of drug-likeness (QED) is 0.334. The summed E-state index contributed by atoms with van der Waals surface area (Å²) in [6.07, 6.45) is 12.7. The van der Waals surface area contributed by atoms with E-state index in [1.54, 1.807) is 0 Å². The lowest BCUT2D eigenvalue weighted by Crippen LogP contribution is -2.60. The van der Waals surface area contributed by atoms with Crippen molar-refractivity contribution in [2.75, 3.05) is 7.11 Å². The van der Waals surface area contributed by atoms with Crippen LogP contribution in [-0.2, 0) is 19.1 Å². The van der Waals surface area contributed by atoms with Gasteiger partial charge in [-0.3, -0.25) is 14.4 Å². The Morgan fingerprint density at radius 3 is 2.23 bits per heavy atom. The number of fused-ring (bicyclic) bond motifs is 5. The second-order valence-corrected chi connectivity index (χ2v) is 15.9. The van der Waals surface area contributed by atoms with Crippen molar-refractivity contribution in [2.24, 2.45) is 44.3 Å². The summed E-state index contributed by atoms with van der Waals surface area (Å²) in [6.45, 7) is 17.8. The molecule has 6 atom stereocenters. The highest BCUT2D eigenvalue weighted by Crippen LogP contribution is 2.70. The molecule has 1 unspecified atom stereocenters. The van der Waals surface area contributed by atoms with Gasteiger partial charge in [0.1, 0.15) is 6.07 Å². The Morgan fingerprint density at radius 2 is 1.60 bits per heavy atom. The molecule has 0 aromatic carbocycles. The first-order valence-corrected chi connectivity index (χ1v) is 15.4. The molecule has 0 bridgehead atoms. The number of allylic oxidation sites excluding steroid dienone is 4. The summed E-state index contributed by atoms with van der Waals surface area (Å²) in [5.74, 6) is -0.0456. The maximum atomic E-state index is 14.2. The third-order valence-corrected chi connectivity index (χ3v) is 12.7. The van der Waals surface area contributed by atoms with Crippen LogP contribution in [0.1, 0.15) is 120 Å². The highest BCUT2D eigenvalue weighted by Gasteiger charge is 2.65. The number of Topliss-reactive ketones (excluding diaryl/α,β-unsaturated/α-hetero) is 1. The van der Waals surface area contributed by atoms with Gasteiger partial charge in [0.2, 0.25) is 0 Å². The molecular formula is C35H51NO4. The number of carbonyl (C=O) groups excluding carboxylic acids is 3. The van der Waals surface area contributed by atoms with Crippen LogP contribution < -0.4 is 0 Å². The predicted octanol–water partition coefficient (Wildman–Crippen LogP) is 7.94. The van der Waals surface area contributed by atoms with E-state index < -0.39 is 10.8 Å². The van der Waals surface area contributed by atoms with E-state index in [2.05, 4.69) is 47.6 Å². The van der Waals surface area contributed by atoms with Crippen molar-refractivity contribution in [3.8, 4) is 6.07 Å². The smallest absolute Gasteiger partial charge is 0.305 e. The van der Waals surface area contributed by atoms with Crippen LogP contribution in [0.5, 0.6) is 0 Å². The lowest BCUT2D eigenvalue weighted by Gasteiger charge is -2.65. The number of hydrogen-bond acceptors (Lipinski definition) is 5. The molecule has 2 fully saturated rings. The molecular weight excluding hydrogens is 498 g/mol. The van der Waals surface area contributed by atoms with Crippen molar-refractivity contribution in [3.63, 3.8) is 0 Å². The van der Waals surface area contributed by atoms with E-state index in [9.17, 15) is 19.6 Å². The van der Waals surface area contributed by atoms with E-state index in [1.165, 1.54) is 7.11 Å². The molecule has 220 valence electrons. The number of carbonyl (C=O) groups is 3. The summed E-state index contributed by atoms with van der Waals surface area (Å²) in [7, 11) is 1.46. The first kappa shape index (κ1) is 30.7. The fraction of sp³-hybridized carbons (Fsp3) is 0.771. The minimum absolute atomic E-state index is 0.0225. The summed E-state index contributed by atoms with van der Waals surface area (Å²) in [6, 6.07) is 2.20. The van der Waals surface area contributed by atoms with Gasteiger partial charge in [-0.05, 0) is 91.4 Å². The number of nitrogens with zero attached hydrogens (tertiary/aromatic N) is 1. The number of nitriles is 1. The van der Waals surface area contributed by atoms with E-state index in [-0.39, 0.29) is 56.6 Å². The summed E-state index contributed by atoms with van der Waals surface area (Å²) in [4.78, 5) is 39.6. The van der Waals surface area contributed by atoms with Crippen molar-refractivity contribution in [1.82, 2.24) is 0 Å². The summed E-state index contributed by atoms with van der Waals surface area (Å²) in [5, 5.41) is 9.93. The Morgan fingerprint density at radius 1 is 0.950 bits per heavy atom. The van der Waals surface area contributed by atoms with Crippen molar-refractivity contribution < 1.29 is 19.1 Å². The number of rotatable bonds is 3. The Balaban J connectivity index is 1.83. The molecule has 0 aliphatic heterocycles. The Kier molecular flexibility index (Phi) is 7.65. The highest BCUT2D eigenvalue weighted by molar-refractivity contribution is 6.04. The molecule has 0 N–H and O–H groups in total. The summed E-state index contributed by atoms with van der Waals surface area (Å²) < 4.78 is 4.99. The van der Waals surface area contributed by atoms with Crippen LogP contribution in [0, 0.1) is 55.7 Å². The van der Waals surface area contributed by atoms with Crippen molar-refractivity contribution >= 4 is 17.5 Å². The van der Waals surface area contributed by atoms with Gasteiger partial charge >= 0.3 is 5.97 Å². The van der Waals surface area contributed by atoms with E-state index in [0.717, 1.165) is 63.4 Å². The van der Waals surface area contributed by atoms with Crippen LogP contribution in [-0.4, -0.2) is 24.6 Å². The second kappa shape index (κ2) is 9.95. The van der Waals surface area contributed by atoms with Crippen molar-refractivity contribution in [2.45, 2.75) is 120 Å². The lowest BCUT2D eigenvalue weighted by atomic mass is 9.38. The van der Waals surface area contributed by atoms with Crippen LogP contribution >= 0.6 is 0 Å². The van der Waals surface area contributed by atoms with Crippen LogP contribution in [0.25, 0.3) is 0 Å². The summed E-state index contributed by atoms with van der Waals surface area (Å²) >= 11 is 0. The monoisotopic (exact) mass is 549 g/mol. The zero-order valence-corrected chi connectivity index (χ0v) is 26.5. The third-order valence-electron chi connectivity index (χ3n) is 12.7. The van der Waals surface area contributed by atoms with Crippen LogP contribution in [0.4, 0.5) is 0 Å². The largest absolute Gasteiger partial charge is 0.469 e. The maximum Gasteiger partial charge on any atom is 0.305 e. The Labute approximate surface area is 242 Å². The van der Waals surface area contributed by atoms with Gasteiger partial charge in [0, 0.05) is 23.2 Å². The van der Waals surface area contributed by atoms with E-state index in [1.807, 2.05) is 26.0 Å². The standard InChI is InChI=1S/C35H51NO4/c1-30(2)13-10-24-25(37)20-27-33(6)21-23(22-36)29(39)31(3,4)26(33)11-15-35(27,8)34(24,7)19-18-32(5,17-16-30)14-12-28(38)40-9/h20-21,24,26H,10-19H2,1-9H3/t24?,26-,32-,33-,34+,35+/m0/s1. The van der Waals surface area contributed by atoms with Gasteiger partial charge in [-0.15, -0.1) is 0 Å². The van der Waals surface area contributed by atoms with Gasteiger partial charge in [0.25, 0.3) is 0 Å². The van der Waals surface area contributed by atoms with E-state index in [4.69, 9.17) is 4.74 Å².